The van der Waals surface area contributed by atoms with Crippen LogP contribution in [0.1, 0.15) is 37.6 Å². The summed E-state index contributed by atoms with van der Waals surface area (Å²) < 4.78 is 11.2. The highest BCUT2D eigenvalue weighted by Crippen LogP contribution is 2.37. The molecule has 1 N–H and O–H groups in total. The average Bonchev–Trinajstić information content (AvgIpc) is 2.55. The number of halogens is 2. The van der Waals surface area contributed by atoms with Gasteiger partial charge in [-0.2, -0.15) is 0 Å². The maximum Gasteiger partial charge on any atom is 0.254 e. The Balaban J connectivity index is 0.00000312. The van der Waals surface area contributed by atoms with E-state index in [4.69, 9.17) is 21.1 Å². The van der Waals surface area contributed by atoms with Gasteiger partial charge in [0.1, 0.15) is 0 Å². The van der Waals surface area contributed by atoms with Crippen LogP contribution >= 0.6 is 24.0 Å². The van der Waals surface area contributed by atoms with Crippen LogP contribution in [0.15, 0.2) is 12.1 Å². The van der Waals surface area contributed by atoms with Gasteiger partial charge in [-0.3, -0.25) is 4.79 Å². The molecule has 0 bridgehead atoms. The Morgan fingerprint density at radius 3 is 2.76 bits per heavy atom. The minimum absolute atomic E-state index is 0. The number of methoxy groups -OCH3 is 1. The van der Waals surface area contributed by atoms with E-state index in [0.717, 1.165) is 19.5 Å². The maximum absolute atomic E-state index is 12.8. The van der Waals surface area contributed by atoms with Gasteiger partial charge in [-0.05, 0) is 31.4 Å². The predicted octanol–water partition coefficient (Wildman–Crippen LogP) is 3.63. The lowest BCUT2D eigenvalue weighted by Crippen LogP contribution is -2.52. The standard InChI is InChI=1S/C18H27ClN2O3.ClH/c1-12(2)5-8-24-17-15(19)9-14(10-16(17)23-4)18(22)21-7-6-20-11-13(21)3;/h9-10,12-13,20H,5-8,11H2,1-4H3;1H. The van der Waals surface area contributed by atoms with Crippen LogP contribution in [0.3, 0.4) is 0 Å². The summed E-state index contributed by atoms with van der Waals surface area (Å²) in [5, 5.41) is 3.69. The third-order valence-electron chi connectivity index (χ3n) is 4.18. The van der Waals surface area contributed by atoms with Gasteiger partial charge in [0.05, 0.1) is 18.7 Å². The van der Waals surface area contributed by atoms with Gasteiger partial charge in [-0.1, -0.05) is 25.4 Å². The fourth-order valence-corrected chi connectivity index (χ4v) is 2.95. The fraction of sp³-hybridized carbons (Fsp3) is 0.611. The second-order valence-electron chi connectivity index (χ2n) is 6.57. The zero-order chi connectivity index (χ0) is 17.7. The van der Waals surface area contributed by atoms with Crippen molar-refractivity contribution in [2.45, 2.75) is 33.2 Å². The molecule has 1 aliphatic heterocycles. The third-order valence-corrected chi connectivity index (χ3v) is 4.46. The van der Waals surface area contributed by atoms with Crippen LogP contribution in [0.5, 0.6) is 11.5 Å². The lowest BCUT2D eigenvalue weighted by Gasteiger charge is -2.34. The van der Waals surface area contributed by atoms with Gasteiger partial charge in [0.15, 0.2) is 11.5 Å². The summed E-state index contributed by atoms with van der Waals surface area (Å²) in [6.07, 6.45) is 0.929. The van der Waals surface area contributed by atoms with Gasteiger partial charge in [0, 0.05) is 31.2 Å². The highest BCUT2D eigenvalue weighted by molar-refractivity contribution is 6.32. The second kappa shape index (κ2) is 10.1. The molecule has 1 amide bonds. The molecule has 1 atom stereocenters. The van der Waals surface area contributed by atoms with Crippen LogP contribution in [0.4, 0.5) is 0 Å². The summed E-state index contributed by atoms with van der Waals surface area (Å²) >= 11 is 6.36. The topological polar surface area (TPSA) is 50.8 Å². The third kappa shape index (κ3) is 5.66. The summed E-state index contributed by atoms with van der Waals surface area (Å²) in [5.41, 5.74) is 0.529. The van der Waals surface area contributed by atoms with Crippen molar-refractivity contribution in [3.63, 3.8) is 0 Å². The lowest BCUT2D eigenvalue weighted by atomic mass is 10.1. The highest BCUT2D eigenvalue weighted by Gasteiger charge is 2.25. The molecule has 25 heavy (non-hydrogen) atoms. The Bertz CT molecular complexity index is 582. The average molecular weight is 391 g/mol. The van der Waals surface area contributed by atoms with Crippen molar-refractivity contribution in [2.24, 2.45) is 5.92 Å². The Hall–Kier alpha value is -1.17. The van der Waals surface area contributed by atoms with Gasteiger partial charge >= 0.3 is 0 Å². The molecule has 7 heteroatoms. The Morgan fingerprint density at radius 2 is 2.16 bits per heavy atom. The van der Waals surface area contributed by atoms with E-state index in [1.54, 1.807) is 19.2 Å². The number of rotatable bonds is 6. The summed E-state index contributed by atoms with van der Waals surface area (Å²) in [6.45, 7) is 9.16. The number of nitrogens with zero attached hydrogens (tertiary/aromatic N) is 1. The molecule has 1 aromatic carbocycles. The van der Waals surface area contributed by atoms with E-state index in [0.29, 0.717) is 41.2 Å². The first kappa shape index (κ1) is 21.9. The Kier molecular flexibility index (Phi) is 8.83. The zero-order valence-electron chi connectivity index (χ0n) is 15.3. The first-order valence-electron chi connectivity index (χ1n) is 8.46. The lowest BCUT2D eigenvalue weighted by molar-refractivity contribution is 0.0655. The van der Waals surface area contributed by atoms with E-state index in [9.17, 15) is 4.79 Å². The Morgan fingerprint density at radius 1 is 1.44 bits per heavy atom. The zero-order valence-corrected chi connectivity index (χ0v) is 16.9. The van der Waals surface area contributed by atoms with E-state index in [1.807, 2.05) is 11.8 Å². The van der Waals surface area contributed by atoms with Gasteiger partial charge in [-0.25, -0.2) is 0 Å². The number of hydrogen-bond donors (Lipinski definition) is 1. The number of carbonyl (C=O) groups excluding carboxylic acids is 1. The molecule has 5 nitrogen and oxygen atoms in total. The summed E-state index contributed by atoms with van der Waals surface area (Å²) in [5.74, 6) is 1.52. The molecule has 1 aromatic rings. The maximum atomic E-state index is 12.8. The van der Waals surface area contributed by atoms with E-state index < -0.39 is 0 Å². The second-order valence-corrected chi connectivity index (χ2v) is 6.98. The van der Waals surface area contributed by atoms with E-state index in [1.165, 1.54) is 0 Å². The van der Waals surface area contributed by atoms with Crippen molar-refractivity contribution in [3.05, 3.63) is 22.7 Å². The van der Waals surface area contributed by atoms with Crippen molar-refractivity contribution in [1.82, 2.24) is 10.2 Å². The number of benzene rings is 1. The van der Waals surface area contributed by atoms with Crippen LogP contribution in [0.2, 0.25) is 5.02 Å². The molecule has 0 aromatic heterocycles. The van der Waals surface area contributed by atoms with Crippen LogP contribution in [0.25, 0.3) is 0 Å². The number of piperazine rings is 1. The largest absolute Gasteiger partial charge is 0.493 e. The molecular formula is C18H28Cl2N2O3. The highest BCUT2D eigenvalue weighted by atomic mass is 35.5. The molecular weight excluding hydrogens is 363 g/mol. The van der Waals surface area contributed by atoms with E-state index >= 15 is 0 Å². The molecule has 0 aliphatic carbocycles. The van der Waals surface area contributed by atoms with Crippen molar-refractivity contribution in [3.8, 4) is 11.5 Å². The summed E-state index contributed by atoms with van der Waals surface area (Å²) in [7, 11) is 1.56. The van der Waals surface area contributed by atoms with Crippen molar-refractivity contribution < 1.29 is 14.3 Å². The molecule has 1 fully saturated rings. The fourth-order valence-electron chi connectivity index (χ4n) is 2.69. The molecule has 1 unspecified atom stereocenters. The first-order valence-corrected chi connectivity index (χ1v) is 8.83. The summed E-state index contributed by atoms with van der Waals surface area (Å²) in [4.78, 5) is 14.7. The number of nitrogens with one attached hydrogen (secondary N) is 1. The van der Waals surface area contributed by atoms with Crippen LogP contribution < -0.4 is 14.8 Å². The molecule has 142 valence electrons. The molecule has 0 radical (unpaired) electrons. The first-order chi connectivity index (χ1) is 11.4. The molecule has 2 rings (SSSR count). The van der Waals surface area contributed by atoms with Crippen LogP contribution in [-0.4, -0.2) is 50.2 Å². The van der Waals surface area contributed by atoms with E-state index in [-0.39, 0.29) is 24.4 Å². The minimum atomic E-state index is -0.0297. The normalized spacial score (nSPS) is 17.2. The summed E-state index contributed by atoms with van der Waals surface area (Å²) in [6, 6.07) is 3.54. The SMILES string of the molecule is COc1cc(C(=O)N2CCNCC2C)cc(Cl)c1OCCC(C)C.Cl. The van der Waals surface area contributed by atoms with E-state index in [2.05, 4.69) is 19.2 Å². The van der Waals surface area contributed by atoms with Gasteiger partial charge in [0.25, 0.3) is 5.91 Å². The molecule has 0 spiro atoms. The number of hydrogen-bond acceptors (Lipinski definition) is 4. The predicted molar refractivity (Wildman–Crippen MR) is 104 cm³/mol. The van der Waals surface area contributed by atoms with Crippen molar-refractivity contribution in [1.29, 1.82) is 0 Å². The van der Waals surface area contributed by atoms with Crippen molar-refractivity contribution in [2.75, 3.05) is 33.4 Å². The number of amides is 1. The molecule has 0 saturated carbocycles. The van der Waals surface area contributed by atoms with Gasteiger partial charge in [-0.15, -0.1) is 12.4 Å². The molecule has 1 heterocycles. The molecule has 1 saturated heterocycles. The Labute approximate surface area is 161 Å². The number of carbonyl (C=O) groups is 1. The van der Waals surface area contributed by atoms with Crippen LogP contribution in [0, 0.1) is 5.92 Å². The van der Waals surface area contributed by atoms with Gasteiger partial charge < -0.3 is 19.7 Å². The molecule has 1 aliphatic rings. The van der Waals surface area contributed by atoms with Crippen LogP contribution in [-0.2, 0) is 0 Å². The van der Waals surface area contributed by atoms with Crippen molar-refractivity contribution >= 4 is 29.9 Å². The monoisotopic (exact) mass is 390 g/mol. The quantitative estimate of drug-likeness (QED) is 0.805. The van der Waals surface area contributed by atoms with Gasteiger partial charge in [0.2, 0.25) is 0 Å². The number of ether oxygens (including phenoxy) is 2. The minimum Gasteiger partial charge on any atom is -0.493 e. The smallest absolute Gasteiger partial charge is 0.254 e.